The summed E-state index contributed by atoms with van der Waals surface area (Å²) >= 11 is 6.02. The zero-order valence-electron chi connectivity index (χ0n) is 12.0. The molecule has 0 atom stereocenters. The number of rotatable bonds is 4. The van der Waals surface area contributed by atoms with Crippen LogP contribution in [-0.2, 0) is 6.54 Å². The molecule has 2 rings (SSSR count). The van der Waals surface area contributed by atoms with E-state index in [4.69, 9.17) is 17.3 Å². The highest BCUT2D eigenvalue weighted by molar-refractivity contribution is 6.32. The molecule has 2 N–H and O–H groups in total. The topological polar surface area (TPSA) is 72.1 Å². The van der Waals surface area contributed by atoms with Crippen molar-refractivity contribution in [3.8, 4) is 0 Å². The van der Waals surface area contributed by atoms with Crippen molar-refractivity contribution >= 4 is 23.2 Å². The van der Waals surface area contributed by atoms with E-state index in [1.807, 2.05) is 26.0 Å². The summed E-state index contributed by atoms with van der Waals surface area (Å²) in [6, 6.07) is 5.33. The molecule has 2 aromatic heterocycles. The van der Waals surface area contributed by atoms with Crippen molar-refractivity contribution in [2.45, 2.75) is 26.4 Å². The summed E-state index contributed by atoms with van der Waals surface area (Å²) in [5.41, 5.74) is 7.37. The third kappa shape index (κ3) is 3.70. The molecule has 110 valence electrons. The van der Waals surface area contributed by atoms with E-state index in [2.05, 4.69) is 9.97 Å². The van der Waals surface area contributed by atoms with Crippen molar-refractivity contribution in [3.05, 3.63) is 53.1 Å². The van der Waals surface area contributed by atoms with E-state index in [0.29, 0.717) is 17.8 Å². The lowest BCUT2D eigenvalue weighted by molar-refractivity contribution is 0.0690. The normalized spacial score (nSPS) is 10.7. The molecule has 1 amide bonds. The van der Waals surface area contributed by atoms with E-state index in [0.717, 1.165) is 5.56 Å². The van der Waals surface area contributed by atoms with Gasteiger partial charge in [-0.15, -0.1) is 0 Å². The second kappa shape index (κ2) is 6.54. The summed E-state index contributed by atoms with van der Waals surface area (Å²) in [6.45, 7) is 4.35. The maximum Gasteiger partial charge on any atom is 0.257 e. The Morgan fingerprint density at radius 2 is 2.19 bits per heavy atom. The van der Waals surface area contributed by atoms with Crippen LogP contribution in [-0.4, -0.2) is 26.8 Å². The van der Waals surface area contributed by atoms with Gasteiger partial charge in [0.25, 0.3) is 5.91 Å². The van der Waals surface area contributed by atoms with Gasteiger partial charge in [0.1, 0.15) is 5.15 Å². The molecule has 0 unspecified atom stereocenters. The largest absolute Gasteiger partial charge is 0.397 e. The zero-order valence-corrected chi connectivity index (χ0v) is 12.7. The van der Waals surface area contributed by atoms with Crippen molar-refractivity contribution in [1.29, 1.82) is 0 Å². The maximum atomic E-state index is 12.7. The Bertz CT molecular complexity index is 631. The number of aromatic nitrogens is 2. The molecule has 0 spiro atoms. The minimum atomic E-state index is -0.196. The molecule has 0 aliphatic carbocycles. The molecule has 0 fully saturated rings. The number of halogens is 1. The highest BCUT2D eigenvalue weighted by Crippen LogP contribution is 2.20. The Hall–Kier alpha value is -2.14. The first-order valence-corrected chi connectivity index (χ1v) is 6.97. The van der Waals surface area contributed by atoms with Crippen LogP contribution >= 0.6 is 11.6 Å². The lowest BCUT2D eigenvalue weighted by atomic mass is 10.1. The van der Waals surface area contributed by atoms with Crippen LogP contribution in [0.4, 0.5) is 5.69 Å². The van der Waals surface area contributed by atoms with Gasteiger partial charge in [0, 0.05) is 25.0 Å². The third-order valence-corrected chi connectivity index (χ3v) is 3.35. The molecule has 0 bridgehead atoms. The van der Waals surface area contributed by atoms with E-state index < -0.39 is 0 Å². The lowest BCUT2D eigenvalue weighted by Crippen LogP contribution is -2.36. The Morgan fingerprint density at radius 1 is 1.43 bits per heavy atom. The Balaban J connectivity index is 2.30. The van der Waals surface area contributed by atoms with Crippen molar-refractivity contribution in [2.75, 3.05) is 5.73 Å². The number of carbonyl (C=O) groups is 1. The monoisotopic (exact) mass is 304 g/mol. The molecular weight excluding hydrogens is 288 g/mol. The number of hydrogen-bond donors (Lipinski definition) is 1. The molecule has 5 nitrogen and oxygen atoms in total. The van der Waals surface area contributed by atoms with Gasteiger partial charge in [-0.2, -0.15) is 0 Å². The number of hydrogen-bond acceptors (Lipinski definition) is 4. The predicted octanol–water partition coefficient (Wildman–Crippen LogP) is 2.76. The second-order valence-corrected chi connectivity index (χ2v) is 5.35. The molecule has 0 radical (unpaired) electrons. The van der Waals surface area contributed by atoms with Gasteiger partial charge in [0.2, 0.25) is 0 Å². The van der Waals surface area contributed by atoms with Crippen LogP contribution in [0.25, 0.3) is 0 Å². The summed E-state index contributed by atoms with van der Waals surface area (Å²) in [5.74, 6) is -0.196. The van der Waals surface area contributed by atoms with Gasteiger partial charge >= 0.3 is 0 Å². The van der Waals surface area contributed by atoms with Gasteiger partial charge in [-0.05, 0) is 31.5 Å². The fraction of sp³-hybridized carbons (Fsp3) is 0.267. The average Bonchev–Trinajstić information content (AvgIpc) is 2.47. The van der Waals surface area contributed by atoms with Gasteiger partial charge in [-0.1, -0.05) is 17.7 Å². The van der Waals surface area contributed by atoms with Crippen molar-refractivity contribution < 1.29 is 4.79 Å². The van der Waals surface area contributed by atoms with Gasteiger partial charge in [0.05, 0.1) is 17.4 Å². The van der Waals surface area contributed by atoms with Crippen LogP contribution in [0.3, 0.4) is 0 Å². The van der Waals surface area contributed by atoms with Gasteiger partial charge in [-0.3, -0.25) is 9.78 Å². The molecule has 0 saturated heterocycles. The minimum Gasteiger partial charge on any atom is -0.397 e. The molecule has 2 heterocycles. The fourth-order valence-corrected chi connectivity index (χ4v) is 2.13. The van der Waals surface area contributed by atoms with Crippen LogP contribution in [0.2, 0.25) is 5.15 Å². The molecule has 0 aliphatic heterocycles. The molecule has 0 aromatic carbocycles. The summed E-state index contributed by atoms with van der Waals surface area (Å²) < 4.78 is 0. The Kier molecular flexibility index (Phi) is 4.75. The molecule has 21 heavy (non-hydrogen) atoms. The van der Waals surface area contributed by atoms with E-state index in [1.165, 1.54) is 6.20 Å². The highest BCUT2D eigenvalue weighted by Gasteiger charge is 2.22. The third-order valence-electron chi connectivity index (χ3n) is 3.05. The minimum absolute atomic E-state index is 0.00945. The number of nitrogen functional groups attached to an aromatic ring is 1. The van der Waals surface area contributed by atoms with Crippen molar-refractivity contribution in [3.63, 3.8) is 0 Å². The quantitative estimate of drug-likeness (QED) is 0.882. The first-order chi connectivity index (χ1) is 9.99. The van der Waals surface area contributed by atoms with Crippen LogP contribution in [0.15, 0.2) is 36.8 Å². The van der Waals surface area contributed by atoms with Gasteiger partial charge < -0.3 is 10.6 Å². The van der Waals surface area contributed by atoms with E-state index in [1.54, 1.807) is 23.4 Å². The molecule has 6 heteroatoms. The average molecular weight is 305 g/mol. The molecule has 0 saturated carbocycles. The van der Waals surface area contributed by atoms with Crippen LogP contribution < -0.4 is 5.73 Å². The van der Waals surface area contributed by atoms with Crippen LogP contribution in [0.1, 0.15) is 29.8 Å². The molecular formula is C15H17ClN4O. The SMILES string of the molecule is CC(C)N(Cc1cccnc1)C(=O)c1cc(N)cnc1Cl. The van der Waals surface area contributed by atoms with Gasteiger partial charge in [0.15, 0.2) is 0 Å². The summed E-state index contributed by atoms with van der Waals surface area (Å²) in [6.07, 6.45) is 4.87. The first-order valence-electron chi connectivity index (χ1n) is 6.60. The maximum absolute atomic E-state index is 12.7. The summed E-state index contributed by atoms with van der Waals surface area (Å²) in [4.78, 5) is 22.4. The Labute approximate surface area is 128 Å². The van der Waals surface area contributed by atoms with Crippen molar-refractivity contribution in [1.82, 2.24) is 14.9 Å². The number of nitrogens with two attached hydrogens (primary N) is 1. The smallest absolute Gasteiger partial charge is 0.257 e. The number of nitrogens with zero attached hydrogens (tertiary/aromatic N) is 3. The van der Waals surface area contributed by atoms with E-state index in [-0.39, 0.29) is 17.1 Å². The number of carbonyl (C=O) groups excluding carboxylic acids is 1. The highest BCUT2D eigenvalue weighted by atomic mass is 35.5. The fourth-order valence-electron chi connectivity index (χ4n) is 1.95. The zero-order chi connectivity index (χ0) is 15.4. The predicted molar refractivity (Wildman–Crippen MR) is 82.9 cm³/mol. The molecule has 2 aromatic rings. The summed E-state index contributed by atoms with van der Waals surface area (Å²) in [5, 5.41) is 0.158. The van der Waals surface area contributed by atoms with Crippen LogP contribution in [0.5, 0.6) is 0 Å². The van der Waals surface area contributed by atoms with Crippen molar-refractivity contribution in [2.24, 2.45) is 0 Å². The Morgan fingerprint density at radius 3 is 2.81 bits per heavy atom. The van der Waals surface area contributed by atoms with E-state index >= 15 is 0 Å². The first kappa shape index (κ1) is 15.3. The number of pyridine rings is 2. The second-order valence-electron chi connectivity index (χ2n) is 5.00. The standard InChI is InChI=1S/C15H17ClN4O/c1-10(2)20(9-11-4-3-5-18-7-11)15(21)13-6-12(17)8-19-14(13)16/h3-8,10H,9,17H2,1-2H3. The number of amides is 1. The van der Waals surface area contributed by atoms with E-state index in [9.17, 15) is 4.79 Å². The van der Waals surface area contributed by atoms with Gasteiger partial charge in [-0.25, -0.2) is 4.98 Å². The number of anilines is 1. The van der Waals surface area contributed by atoms with Crippen LogP contribution in [0, 0.1) is 0 Å². The summed E-state index contributed by atoms with van der Waals surface area (Å²) in [7, 11) is 0. The molecule has 0 aliphatic rings. The lowest BCUT2D eigenvalue weighted by Gasteiger charge is -2.27.